The van der Waals surface area contributed by atoms with Crippen LogP contribution < -0.4 is 0 Å². The van der Waals surface area contributed by atoms with E-state index in [0.717, 1.165) is 41.7 Å². The van der Waals surface area contributed by atoms with Gasteiger partial charge in [0.05, 0.1) is 5.56 Å². The van der Waals surface area contributed by atoms with E-state index < -0.39 is 0 Å². The van der Waals surface area contributed by atoms with E-state index in [1.165, 1.54) is 45.1 Å². The number of pyridine rings is 1. The molecule has 1 aromatic heterocycles. The first-order chi connectivity index (χ1) is 12.7. The molecule has 26 heavy (non-hydrogen) atoms. The third kappa shape index (κ3) is 2.97. The van der Waals surface area contributed by atoms with Gasteiger partial charge >= 0.3 is 0 Å². The second-order valence-corrected chi connectivity index (χ2v) is 9.53. The molecule has 0 spiro atoms. The molecule has 140 valence electrons. The van der Waals surface area contributed by atoms with Crippen molar-refractivity contribution in [1.82, 2.24) is 14.8 Å². The lowest BCUT2D eigenvalue weighted by molar-refractivity contribution is -0.0551. The first kappa shape index (κ1) is 17.1. The van der Waals surface area contributed by atoms with Gasteiger partial charge in [0.25, 0.3) is 5.91 Å². The molecule has 5 heteroatoms. The monoisotopic (exact) mass is 371 g/mol. The molecule has 1 aromatic rings. The summed E-state index contributed by atoms with van der Waals surface area (Å²) < 4.78 is 0. The van der Waals surface area contributed by atoms with Crippen LogP contribution >= 0.6 is 11.8 Å². The topological polar surface area (TPSA) is 36.4 Å². The highest BCUT2D eigenvalue weighted by Crippen LogP contribution is 2.46. The van der Waals surface area contributed by atoms with Crippen molar-refractivity contribution in [2.24, 2.45) is 17.8 Å². The number of carbonyl (C=O) groups excluding carboxylic acids is 1. The van der Waals surface area contributed by atoms with Crippen LogP contribution in [-0.2, 0) is 0 Å². The fourth-order valence-electron chi connectivity index (χ4n) is 5.89. The minimum atomic E-state index is 0.195. The van der Waals surface area contributed by atoms with Crippen LogP contribution in [0.2, 0.25) is 0 Å². The molecule has 5 rings (SSSR count). The maximum Gasteiger partial charge on any atom is 0.256 e. The summed E-state index contributed by atoms with van der Waals surface area (Å²) in [6.07, 6.45) is 12.1. The van der Waals surface area contributed by atoms with Crippen molar-refractivity contribution >= 4 is 17.7 Å². The number of fused-ring (bicyclic) bond motifs is 4. The van der Waals surface area contributed by atoms with Crippen molar-refractivity contribution in [1.29, 1.82) is 0 Å². The number of aromatic nitrogens is 1. The molecule has 0 unspecified atom stereocenters. The van der Waals surface area contributed by atoms with Crippen molar-refractivity contribution in [3.63, 3.8) is 0 Å². The molecule has 4 heterocycles. The lowest BCUT2D eigenvalue weighted by atomic mass is 9.74. The Morgan fingerprint density at radius 2 is 1.92 bits per heavy atom. The van der Waals surface area contributed by atoms with E-state index in [0.29, 0.717) is 11.8 Å². The highest BCUT2D eigenvalue weighted by atomic mass is 32.2. The van der Waals surface area contributed by atoms with Crippen molar-refractivity contribution < 1.29 is 4.79 Å². The minimum absolute atomic E-state index is 0.195. The summed E-state index contributed by atoms with van der Waals surface area (Å²) in [4.78, 5) is 22.6. The molecule has 4 atom stereocenters. The highest BCUT2D eigenvalue weighted by molar-refractivity contribution is 7.98. The fourth-order valence-corrected chi connectivity index (χ4v) is 6.43. The number of carbonyl (C=O) groups is 1. The van der Waals surface area contributed by atoms with Gasteiger partial charge in [-0.3, -0.25) is 9.69 Å². The van der Waals surface area contributed by atoms with Gasteiger partial charge in [0.2, 0.25) is 0 Å². The van der Waals surface area contributed by atoms with Crippen molar-refractivity contribution in [2.45, 2.75) is 55.6 Å². The molecule has 1 saturated carbocycles. The molecule has 4 fully saturated rings. The largest absolute Gasteiger partial charge is 0.338 e. The lowest BCUT2D eigenvalue weighted by Crippen LogP contribution is -2.62. The third-order valence-corrected chi connectivity index (χ3v) is 7.79. The number of hydrogen-bond donors (Lipinski definition) is 0. The van der Waals surface area contributed by atoms with E-state index in [-0.39, 0.29) is 5.91 Å². The molecule has 0 radical (unpaired) electrons. The fraction of sp³-hybridized carbons (Fsp3) is 0.714. The van der Waals surface area contributed by atoms with Gasteiger partial charge in [-0.2, -0.15) is 0 Å². The van der Waals surface area contributed by atoms with Gasteiger partial charge in [0.1, 0.15) is 5.03 Å². The van der Waals surface area contributed by atoms with Crippen molar-refractivity contribution in [3.8, 4) is 0 Å². The standard InChI is InChI=1S/C21H29N3OS/c1-26-20-17(4-3-9-22-20)21(25)23-11-14-10-16(13-23)19-6-2-5-18(15-7-8-15)24(19)12-14/h3-4,9,14-16,18-19H,2,5-8,10-13H2,1H3/t14-,16+,18+,19-/m0/s1. The second-order valence-electron chi connectivity index (χ2n) is 8.73. The Bertz CT molecular complexity index is 692. The Kier molecular flexibility index (Phi) is 4.48. The average Bonchev–Trinajstić information content (AvgIpc) is 3.52. The predicted molar refractivity (Wildman–Crippen MR) is 104 cm³/mol. The Morgan fingerprint density at radius 3 is 2.69 bits per heavy atom. The summed E-state index contributed by atoms with van der Waals surface area (Å²) in [5.74, 6) is 2.50. The quantitative estimate of drug-likeness (QED) is 0.762. The van der Waals surface area contributed by atoms with Gasteiger partial charge in [0.15, 0.2) is 0 Å². The molecule has 4 aliphatic rings. The molecule has 0 aromatic carbocycles. The van der Waals surface area contributed by atoms with E-state index in [1.807, 2.05) is 18.4 Å². The SMILES string of the molecule is CSc1ncccc1C(=O)N1C[C@@H]2C[C@H](C1)[C@@H]1CCC[C@H](C3CC3)N1C2. The smallest absolute Gasteiger partial charge is 0.256 e. The first-order valence-corrected chi connectivity index (χ1v) is 11.5. The van der Waals surface area contributed by atoms with Crippen LogP contribution in [0.3, 0.4) is 0 Å². The Labute approximate surface area is 160 Å². The molecule has 1 aliphatic carbocycles. The number of hydrogen-bond acceptors (Lipinski definition) is 4. The summed E-state index contributed by atoms with van der Waals surface area (Å²) in [5.41, 5.74) is 0.788. The molecular weight excluding hydrogens is 342 g/mol. The van der Waals surface area contributed by atoms with Crippen LogP contribution in [0.25, 0.3) is 0 Å². The summed E-state index contributed by atoms with van der Waals surface area (Å²) in [5, 5.41) is 0.862. The van der Waals surface area contributed by atoms with E-state index in [9.17, 15) is 4.79 Å². The highest BCUT2D eigenvalue weighted by Gasteiger charge is 2.48. The van der Waals surface area contributed by atoms with Crippen LogP contribution in [0.4, 0.5) is 0 Å². The number of likely N-dealkylation sites (tertiary alicyclic amines) is 1. The molecule has 3 aliphatic heterocycles. The van der Waals surface area contributed by atoms with Crippen LogP contribution in [0.5, 0.6) is 0 Å². The van der Waals surface area contributed by atoms with Gasteiger partial charge in [-0.25, -0.2) is 4.98 Å². The molecule has 1 amide bonds. The van der Waals surface area contributed by atoms with E-state index in [2.05, 4.69) is 14.8 Å². The van der Waals surface area contributed by atoms with E-state index in [4.69, 9.17) is 0 Å². The zero-order chi connectivity index (χ0) is 17.7. The summed E-state index contributed by atoms with van der Waals surface area (Å²) >= 11 is 1.57. The zero-order valence-corrected chi connectivity index (χ0v) is 16.5. The maximum atomic E-state index is 13.2. The van der Waals surface area contributed by atoms with Gasteiger partial charge in [-0.15, -0.1) is 11.8 Å². The number of nitrogens with zero attached hydrogens (tertiary/aromatic N) is 3. The third-order valence-electron chi connectivity index (χ3n) is 7.08. The second kappa shape index (κ2) is 6.83. The normalized spacial score (nSPS) is 34.4. The average molecular weight is 372 g/mol. The van der Waals surface area contributed by atoms with Crippen LogP contribution in [0.1, 0.15) is 48.9 Å². The van der Waals surface area contributed by atoms with Crippen LogP contribution in [0, 0.1) is 17.8 Å². The molecule has 0 N–H and O–H groups in total. The molecule has 4 nitrogen and oxygen atoms in total. The van der Waals surface area contributed by atoms with Gasteiger partial charge in [-0.05, 0) is 68.2 Å². The molecule has 2 bridgehead atoms. The Balaban J connectivity index is 1.35. The predicted octanol–water partition coefficient (Wildman–Crippen LogP) is 3.53. The number of amides is 1. The van der Waals surface area contributed by atoms with Crippen molar-refractivity contribution in [3.05, 3.63) is 23.9 Å². The van der Waals surface area contributed by atoms with Crippen LogP contribution in [0.15, 0.2) is 23.4 Å². The molecular formula is C21H29N3OS. The lowest BCUT2D eigenvalue weighted by Gasteiger charge is -2.55. The maximum absolute atomic E-state index is 13.2. The summed E-state index contributed by atoms with van der Waals surface area (Å²) in [6.45, 7) is 3.09. The van der Waals surface area contributed by atoms with E-state index >= 15 is 0 Å². The van der Waals surface area contributed by atoms with Crippen molar-refractivity contribution in [2.75, 3.05) is 25.9 Å². The van der Waals surface area contributed by atoms with Gasteiger partial charge in [0, 0.05) is 37.9 Å². The first-order valence-electron chi connectivity index (χ1n) is 10.3. The summed E-state index contributed by atoms with van der Waals surface area (Å²) in [7, 11) is 0. The molecule has 3 saturated heterocycles. The number of rotatable bonds is 3. The number of piperidine rings is 3. The zero-order valence-electron chi connectivity index (χ0n) is 15.6. The van der Waals surface area contributed by atoms with Gasteiger partial charge in [-0.1, -0.05) is 6.42 Å². The Hall–Kier alpha value is -1.07. The Morgan fingerprint density at radius 1 is 1.12 bits per heavy atom. The number of thioether (sulfide) groups is 1. The summed E-state index contributed by atoms with van der Waals surface area (Å²) in [6, 6.07) is 5.40. The minimum Gasteiger partial charge on any atom is -0.338 e. The van der Waals surface area contributed by atoms with E-state index in [1.54, 1.807) is 18.0 Å². The van der Waals surface area contributed by atoms with Crippen LogP contribution in [-0.4, -0.2) is 58.7 Å². The van der Waals surface area contributed by atoms with Gasteiger partial charge < -0.3 is 4.90 Å².